The zero-order valence-electron chi connectivity index (χ0n) is 9.28. The predicted octanol–water partition coefficient (Wildman–Crippen LogP) is -1.15. The Labute approximate surface area is 99.3 Å². The minimum Gasteiger partial charge on any atom is -0.383 e. The maximum Gasteiger partial charge on any atom is 0.246 e. The molecule has 2 amide bonds. The van der Waals surface area contributed by atoms with Crippen LogP contribution in [0.25, 0.3) is 0 Å². The molecule has 0 radical (unpaired) electrons. The lowest BCUT2D eigenvalue weighted by atomic mass is 10.3. The predicted molar refractivity (Wildman–Crippen MR) is 61.8 cm³/mol. The van der Waals surface area contributed by atoms with E-state index in [2.05, 4.69) is 10.6 Å². The van der Waals surface area contributed by atoms with Crippen molar-refractivity contribution in [1.29, 1.82) is 0 Å². The van der Waals surface area contributed by atoms with Crippen molar-refractivity contribution in [3.8, 4) is 0 Å². The minimum absolute atomic E-state index is 0.0394. The van der Waals surface area contributed by atoms with E-state index < -0.39 is 0 Å². The largest absolute Gasteiger partial charge is 0.383 e. The molecule has 0 aromatic rings. The lowest BCUT2D eigenvalue weighted by Crippen LogP contribution is -2.56. The third-order valence-electron chi connectivity index (χ3n) is 2.02. The average molecular weight is 245 g/mol. The second-order valence-electron chi connectivity index (χ2n) is 3.63. The third-order valence-corrected chi connectivity index (χ3v) is 2.40. The highest BCUT2D eigenvalue weighted by molar-refractivity contribution is 7.80. The van der Waals surface area contributed by atoms with E-state index in [9.17, 15) is 9.59 Å². The Balaban J connectivity index is 2.47. The molecule has 0 aromatic carbocycles. The lowest BCUT2D eigenvalue weighted by molar-refractivity contribution is -0.134. The molecule has 0 aromatic heterocycles. The topological polar surface area (TPSA) is 70.7 Å². The van der Waals surface area contributed by atoms with Gasteiger partial charge in [0, 0.05) is 13.2 Å². The van der Waals surface area contributed by atoms with Crippen LogP contribution in [0.5, 0.6) is 0 Å². The van der Waals surface area contributed by atoms with Crippen molar-refractivity contribution in [2.75, 3.05) is 26.8 Å². The van der Waals surface area contributed by atoms with E-state index in [4.69, 9.17) is 17.0 Å². The molecule has 0 spiro atoms. The lowest BCUT2D eigenvalue weighted by Gasteiger charge is -2.29. The minimum atomic E-state index is -0.334. The number of methoxy groups -OCH3 is 1. The van der Waals surface area contributed by atoms with Crippen molar-refractivity contribution in [3.63, 3.8) is 0 Å². The standard InChI is InChI=1S/C9H15N3O3S/c1-6(5-15-2)10-9(16)12-3-7(13)11-8(14)4-12/h6H,3-5H2,1-2H3,(H,10,16)(H,11,13,14). The SMILES string of the molecule is COCC(C)NC(=S)N1CC(=O)NC(=O)C1. The van der Waals surface area contributed by atoms with Crippen LogP contribution in [0, 0.1) is 0 Å². The zero-order chi connectivity index (χ0) is 12.1. The van der Waals surface area contributed by atoms with Gasteiger partial charge in [-0.25, -0.2) is 0 Å². The Morgan fingerprint density at radius 2 is 2.12 bits per heavy atom. The number of nitrogens with zero attached hydrogens (tertiary/aromatic N) is 1. The summed E-state index contributed by atoms with van der Waals surface area (Å²) < 4.78 is 4.95. The Morgan fingerprint density at radius 1 is 1.56 bits per heavy atom. The van der Waals surface area contributed by atoms with E-state index in [1.54, 1.807) is 7.11 Å². The number of hydrogen-bond donors (Lipinski definition) is 2. The molecule has 1 rings (SSSR count). The molecule has 1 saturated heterocycles. The van der Waals surface area contributed by atoms with Gasteiger partial charge in [-0.3, -0.25) is 14.9 Å². The van der Waals surface area contributed by atoms with Crippen LogP contribution in [0.2, 0.25) is 0 Å². The van der Waals surface area contributed by atoms with Gasteiger partial charge < -0.3 is 15.0 Å². The van der Waals surface area contributed by atoms with Crippen molar-refractivity contribution in [2.45, 2.75) is 13.0 Å². The molecule has 1 heterocycles. The monoisotopic (exact) mass is 245 g/mol. The first-order chi connectivity index (χ1) is 7.52. The fourth-order valence-electron chi connectivity index (χ4n) is 1.37. The maximum atomic E-state index is 11.1. The smallest absolute Gasteiger partial charge is 0.246 e. The van der Waals surface area contributed by atoms with Gasteiger partial charge in [-0.05, 0) is 19.1 Å². The Hall–Kier alpha value is -1.21. The van der Waals surface area contributed by atoms with E-state index in [0.717, 1.165) is 0 Å². The Morgan fingerprint density at radius 3 is 2.62 bits per heavy atom. The van der Waals surface area contributed by atoms with Gasteiger partial charge in [0.15, 0.2) is 5.11 Å². The second kappa shape index (κ2) is 5.76. The summed E-state index contributed by atoms with van der Waals surface area (Å²) in [5.41, 5.74) is 0. The van der Waals surface area contributed by atoms with Crippen LogP contribution in [0.3, 0.4) is 0 Å². The molecule has 16 heavy (non-hydrogen) atoms. The molecule has 0 aliphatic carbocycles. The summed E-state index contributed by atoms with van der Waals surface area (Å²) in [6.45, 7) is 2.63. The van der Waals surface area contributed by atoms with Gasteiger partial charge in [0.25, 0.3) is 0 Å². The summed E-state index contributed by atoms with van der Waals surface area (Å²) in [5.74, 6) is -0.667. The molecular weight excluding hydrogens is 230 g/mol. The van der Waals surface area contributed by atoms with Gasteiger partial charge in [0.05, 0.1) is 19.7 Å². The summed E-state index contributed by atoms with van der Waals surface area (Å²) in [5, 5.41) is 5.60. The van der Waals surface area contributed by atoms with Crippen molar-refractivity contribution in [2.24, 2.45) is 0 Å². The van der Waals surface area contributed by atoms with Crippen LogP contribution < -0.4 is 10.6 Å². The average Bonchev–Trinajstić information content (AvgIpc) is 2.16. The van der Waals surface area contributed by atoms with Crippen LogP contribution >= 0.6 is 12.2 Å². The van der Waals surface area contributed by atoms with Crippen molar-refractivity contribution in [1.82, 2.24) is 15.5 Å². The van der Waals surface area contributed by atoms with E-state index >= 15 is 0 Å². The highest BCUT2D eigenvalue weighted by Crippen LogP contribution is 1.97. The number of rotatable bonds is 3. The Kier molecular flexibility index (Phi) is 4.63. The van der Waals surface area contributed by atoms with Crippen molar-refractivity contribution >= 4 is 29.1 Å². The van der Waals surface area contributed by atoms with Gasteiger partial charge in [-0.1, -0.05) is 0 Å². The number of nitrogens with one attached hydrogen (secondary N) is 2. The Bertz CT molecular complexity index is 292. The highest BCUT2D eigenvalue weighted by atomic mass is 32.1. The van der Waals surface area contributed by atoms with E-state index in [1.807, 2.05) is 6.92 Å². The van der Waals surface area contributed by atoms with Gasteiger partial charge in [-0.2, -0.15) is 0 Å². The first-order valence-electron chi connectivity index (χ1n) is 4.90. The number of carbonyl (C=O) groups is 2. The van der Waals surface area contributed by atoms with E-state index in [1.165, 1.54) is 4.90 Å². The molecule has 6 nitrogen and oxygen atoms in total. The molecule has 1 fully saturated rings. The fourth-order valence-corrected chi connectivity index (χ4v) is 1.70. The van der Waals surface area contributed by atoms with Gasteiger partial charge >= 0.3 is 0 Å². The summed E-state index contributed by atoms with van der Waals surface area (Å²) in [7, 11) is 1.60. The van der Waals surface area contributed by atoms with Crippen molar-refractivity contribution in [3.05, 3.63) is 0 Å². The van der Waals surface area contributed by atoms with Crippen LogP contribution in [0.4, 0.5) is 0 Å². The zero-order valence-corrected chi connectivity index (χ0v) is 10.1. The van der Waals surface area contributed by atoms with Crippen molar-refractivity contribution < 1.29 is 14.3 Å². The normalized spacial score (nSPS) is 18.0. The molecule has 90 valence electrons. The van der Waals surface area contributed by atoms with Gasteiger partial charge in [0.2, 0.25) is 11.8 Å². The maximum absolute atomic E-state index is 11.1. The van der Waals surface area contributed by atoms with E-state index in [-0.39, 0.29) is 30.9 Å². The van der Waals surface area contributed by atoms with E-state index in [0.29, 0.717) is 11.7 Å². The molecule has 1 atom stereocenters. The fraction of sp³-hybridized carbons (Fsp3) is 0.667. The second-order valence-corrected chi connectivity index (χ2v) is 4.02. The number of thiocarbonyl (C=S) groups is 1. The number of piperazine rings is 1. The summed E-state index contributed by atoms with van der Waals surface area (Å²) in [4.78, 5) is 23.8. The van der Waals surface area contributed by atoms with Crippen LogP contribution in [-0.4, -0.2) is 54.7 Å². The summed E-state index contributed by atoms with van der Waals surface area (Å²) >= 11 is 5.10. The third kappa shape index (κ3) is 3.74. The molecule has 1 aliphatic heterocycles. The summed E-state index contributed by atoms with van der Waals surface area (Å²) in [6.07, 6.45) is 0. The first kappa shape index (κ1) is 12.9. The first-order valence-corrected chi connectivity index (χ1v) is 5.30. The molecule has 7 heteroatoms. The number of ether oxygens (including phenoxy) is 1. The number of imide groups is 1. The van der Waals surface area contributed by atoms with Crippen LogP contribution in [0.1, 0.15) is 6.92 Å². The van der Waals surface area contributed by atoms with Crippen LogP contribution in [-0.2, 0) is 14.3 Å². The highest BCUT2D eigenvalue weighted by Gasteiger charge is 2.24. The number of carbonyl (C=O) groups excluding carboxylic acids is 2. The molecule has 1 aliphatic rings. The number of amides is 2. The summed E-state index contributed by atoms with van der Waals surface area (Å²) in [6, 6.07) is 0.0394. The molecule has 0 bridgehead atoms. The van der Waals surface area contributed by atoms with Gasteiger partial charge in [0.1, 0.15) is 0 Å². The molecular formula is C9H15N3O3S. The van der Waals surface area contributed by atoms with Crippen LogP contribution in [0.15, 0.2) is 0 Å². The van der Waals surface area contributed by atoms with Gasteiger partial charge in [-0.15, -0.1) is 0 Å². The molecule has 0 saturated carbocycles. The quantitative estimate of drug-likeness (QED) is 0.483. The molecule has 1 unspecified atom stereocenters. The molecule has 2 N–H and O–H groups in total. The number of hydrogen-bond acceptors (Lipinski definition) is 4.